The minimum atomic E-state index is -0.411. The van der Waals surface area contributed by atoms with Crippen LogP contribution in [0.3, 0.4) is 0 Å². The van der Waals surface area contributed by atoms with Crippen molar-refractivity contribution in [2.75, 3.05) is 20.7 Å². The molecule has 0 saturated carbocycles. The summed E-state index contributed by atoms with van der Waals surface area (Å²) in [5, 5.41) is 13.7. The van der Waals surface area contributed by atoms with E-state index in [0.29, 0.717) is 34.3 Å². The van der Waals surface area contributed by atoms with E-state index in [2.05, 4.69) is 10.1 Å². The van der Waals surface area contributed by atoms with E-state index in [1.165, 1.54) is 17.0 Å². The van der Waals surface area contributed by atoms with Crippen LogP contribution in [0.15, 0.2) is 36.7 Å². The average molecular weight is 328 g/mol. The molecule has 2 aromatic heterocycles. The first-order chi connectivity index (χ1) is 11.5. The maximum absolute atomic E-state index is 13.6. The number of aromatic nitrogens is 3. The third-order valence-corrected chi connectivity index (χ3v) is 3.67. The summed E-state index contributed by atoms with van der Waals surface area (Å²) in [5.41, 5.74) is 2.09. The van der Waals surface area contributed by atoms with Gasteiger partial charge in [-0.05, 0) is 18.2 Å². The molecule has 0 aliphatic heterocycles. The third-order valence-electron chi connectivity index (χ3n) is 3.67. The highest BCUT2D eigenvalue weighted by molar-refractivity contribution is 6.07. The monoisotopic (exact) mass is 328 g/mol. The van der Waals surface area contributed by atoms with Gasteiger partial charge in [-0.1, -0.05) is 0 Å². The Morgan fingerprint density at radius 3 is 2.83 bits per heavy atom. The smallest absolute Gasteiger partial charge is 0.254 e. The summed E-state index contributed by atoms with van der Waals surface area (Å²) in [7, 11) is 3.33. The molecular formula is C17H17FN4O2. The minimum Gasteiger partial charge on any atom is -0.394 e. The molecule has 0 bridgehead atoms. The Labute approximate surface area is 138 Å². The van der Waals surface area contributed by atoms with Crippen LogP contribution in [0.25, 0.3) is 22.2 Å². The van der Waals surface area contributed by atoms with Crippen molar-refractivity contribution < 1.29 is 14.3 Å². The van der Waals surface area contributed by atoms with Crippen LogP contribution < -0.4 is 0 Å². The number of halogens is 1. The quantitative estimate of drug-likeness (QED) is 0.794. The summed E-state index contributed by atoms with van der Waals surface area (Å²) in [6.07, 6.45) is 3.33. The van der Waals surface area contributed by atoms with Crippen molar-refractivity contribution in [2.24, 2.45) is 0 Å². The Balaban J connectivity index is 2.19. The van der Waals surface area contributed by atoms with E-state index in [-0.39, 0.29) is 12.5 Å². The lowest BCUT2D eigenvalue weighted by molar-refractivity contribution is 0.0829. The molecule has 1 amide bonds. The molecule has 2 heterocycles. The van der Waals surface area contributed by atoms with E-state index in [0.717, 1.165) is 0 Å². The lowest BCUT2D eigenvalue weighted by Crippen LogP contribution is -2.22. The first kappa shape index (κ1) is 16.1. The van der Waals surface area contributed by atoms with Gasteiger partial charge in [-0.15, -0.1) is 0 Å². The van der Waals surface area contributed by atoms with Crippen molar-refractivity contribution in [1.29, 1.82) is 0 Å². The number of hydrogen-bond acceptors (Lipinski definition) is 4. The fraction of sp³-hybridized carbons (Fsp3) is 0.235. The van der Waals surface area contributed by atoms with Gasteiger partial charge in [-0.25, -0.2) is 9.37 Å². The maximum Gasteiger partial charge on any atom is 0.254 e. The van der Waals surface area contributed by atoms with Crippen molar-refractivity contribution in [1.82, 2.24) is 19.7 Å². The number of fused-ring (bicyclic) bond motifs is 1. The van der Waals surface area contributed by atoms with Crippen LogP contribution in [0.5, 0.6) is 0 Å². The van der Waals surface area contributed by atoms with Gasteiger partial charge in [0.05, 0.1) is 36.1 Å². The van der Waals surface area contributed by atoms with Gasteiger partial charge >= 0.3 is 0 Å². The maximum atomic E-state index is 13.6. The summed E-state index contributed by atoms with van der Waals surface area (Å²) in [6, 6.07) is 5.87. The number of rotatable bonds is 4. The highest BCUT2D eigenvalue weighted by atomic mass is 19.1. The van der Waals surface area contributed by atoms with Gasteiger partial charge in [0, 0.05) is 37.3 Å². The summed E-state index contributed by atoms with van der Waals surface area (Å²) >= 11 is 0. The number of benzene rings is 1. The van der Waals surface area contributed by atoms with Crippen LogP contribution in [0.1, 0.15) is 10.4 Å². The molecule has 3 rings (SSSR count). The van der Waals surface area contributed by atoms with E-state index in [1.54, 1.807) is 43.3 Å². The average Bonchev–Trinajstić information content (AvgIpc) is 3.01. The van der Waals surface area contributed by atoms with Crippen LogP contribution in [0.4, 0.5) is 4.39 Å². The van der Waals surface area contributed by atoms with Gasteiger partial charge in [0.25, 0.3) is 5.91 Å². The molecule has 0 fully saturated rings. The Kier molecular flexibility index (Phi) is 4.26. The molecule has 0 radical (unpaired) electrons. The van der Waals surface area contributed by atoms with Gasteiger partial charge in [-0.3, -0.25) is 9.48 Å². The number of nitrogens with zero attached hydrogens (tertiary/aromatic N) is 4. The Hall–Kier alpha value is -2.80. The van der Waals surface area contributed by atoms with E-state index >= 15 is 0 Å². The third kappa shape index (κ3) is 2.98. The Bertz CT molecular complexity index is 905. The molecule has 0 aliphatic carbocycles. The van der Waals surface area contributed by atoms with Gasteiger partial charge in [-0.2, -0.15) is 5.10 Å². The van der Waals surface area contributed by atoms with E-state index in [4.69, 9.17) is 5.11 Å². The summed E-state index contributed by atoms with van der Waals surface area (Å²) in [6.45, 7) is 0.341. The highest BCUT2D eigenvalue weighted by Crippen LogP contribution is 2.26. The molecule has 0 spiro atoms. The molecule has 1 N–H and O–H groups in total. The second-order valence-electron chi connectivity index (χ2n) is 5.63. The number of pyridine rings is 1. The topological polar surface area (TPSA) is 71.2 Å². The first-order valence-corrected chi connectivity index (χ1v) is 7.45. The molecule has 3 aromatic rings. The van der Waals surface area contributed by atoms with Crippen molar-refractivity contribution in [2.45, 2.75) is 6.54 Å². The molecule has 124 valence electrons. The summed E-state index contributed by atoms with van der Waals surface area (Å²) in [5.74, 6) is -0.593. The number of aliphatic hydroxyl groups is 1. The molecule has 0 unspecified atom stereocenters. The molecule has 0 atom stereocenters. The summed E-state index contributed by atoms with van der Waals surface area (Å²) in [4.78, 5) is 18.4. The lowest BCUT2D eigenvalue weighted by Gasteiger charge is -2.13. The zero-order valence-electron chi connectivity index (χ0n) is 13.4. The van der Waals surface area contributed by atoms with Crippen molar-refractivity contribution in [3.8, 4) is 11.3 Å². The number of amides is 1. The van der Waals surface area contributed by atoms with Gasteiger partial charge in [0.15, 0.2) is 0 Å². The predicted octanol–water partition coefficient (Wildman–Crippen LogP) is 1.93. The molecule has 1 aromatic carbocycles. The predicted molar refractivity (Wildman–Crippen MR) is 88.0 cm³/mol. The second kappa shape index (κ2) is 6.37. The zero-order chi connectivity index (χ0) is 17.3. The van der Waals surface area contributed by atoms with Crippen molar-refractivity contribution in [3.05, 3.63) is 48.0 Å². The molecule has 24 heavy (non-hydrogen) atoms. The molecular weight excluding hydrogens is 311 g/mol. The van der Waals surface area contributed by atoms with E-state index < -0.39 is 5.82 Å². The molecule has 6 nitrogen and oxygen atoms in total. The van der Waals surface area contributed by atoms with Crippen LogP contribution in [-0.4, -0.2) is 51.4 Å². The van der Waals surface area contributed by atoms with Gasteiger partial charge < -0.3 is 10.0 Å². The normalized spacial score (nSPS) is 11.0. The van der Waals surface area contributed by atoms with E-state index in [9.17, 15) is 9.18 Å². The number of hydrogen-bond donors (Lipinski definition) is 1. The second-order valence-corrected chi connectivity index (χ2v) is 5.63. The van der Waals surface area contributed by atoms with Crippen LogP contribution >= 0.6 is 0 Å². The Morgan fingerprint density at radius 2 is 2.12 bits per heavy atom. The highest BCUT2D eigenvalue weighted by Gasteiger charge is 2.16. The fourth-order valence-electron chi connectivity index (χ4n) is 2.49. The van der Waals surface area contributed by atoms with Gasteiger partial charge in [0.2, 0.25) is 0 Å². The molecule has 0 saturated heterocycles. The number of aliphatic hydroxyl groups excluding tert-OH is 1. The van der Waals surface area contributed by atoms with Crippen LogP contribution in [-0.2, 0) is 6.54 Å². The van der Waals surface area contributed by atoms with Crippen molar-refractivity contribution >= 4 is 16.8 Å². The van der Waals surface area contributed by atoms with Gasteiger partial charge in [0.1, 0.15) is 5.82 Å². The molecule has 7 heteroatoms. The number of carbonyl (C=O) groups is 1. The molecule has 0 aliphatic rings. The summed E-state index contributed by atoms with van der Waals surface area (Å²) < 4.78 is 15.2. The Morgan fingerprint density at radius 1 is 1.33 bits per heavy atom. The van der Waals surface area contributed by atoms with Crippen molar-refractivity contribution in [3.63, 3.8) is 0 Å². The van der Waals surface area contributed by atoms with Crippen LogP contribution in [0.2, 0.25) is 0 Å². The SMILES string of the molecule is CN(C)C(=O)c1cc(-c2cnn(CCO)c2)nc2cc(F)ccc12. The first-order valence-electron chi connectivity index (χ1n) is 7.45. The minimum absolute atomic E-state index is 0.0259. The zero-order valence-corrected chi connectivity index (χ0v) is 13.4. The standard InChI is InChI=1S/C17H17FN4O2/c1-21(2)17(24)14-8-15(11-9-19-22(10-11)5-6-23)20-16-7-12(18)3-4-13(14)16/h3-4,7-10,23H,5-6H2,1-2H3. The van der Waals surface area contributed by atoms with E-state index in [1.807, 2.05) is 0 Å². The largest absolute Gasteiger partial charge is 0.394 e. The number of carbonyl (C=O) groups excluding carboxylic acids is 1. The fourth-order valence-corrected chi connectivity index (χ4v) is 2.49. The van der Waals surface area contributed by atoms with Crippen LogP contribution in [0, 0.1) is 5.82 Å². The lowest BCUT2D eigenvalue weighted by atomic mass is 10.0.